The number of rotatable bonds is 2. The molecule has 2 atom stereocenters. The second-order valence-electron chi connectivity index (χ2n) is 3.42. The Morgan fingerprint density at radius 1 is 1.77 bits per heavy atom. The molecule has 2 heterocycles. The van der Waals surface area contributed by atoms with Gasteiger partial charge in [-0.15, -0.1) is 0 Å². The predicted octanol–water partition coefficient (Wildman–Crippen LogP) is 0.490. The third kappa shape index (κ3) is 1.47. The van der Waals surface area contributed by atoms with Gasteiger partial charge in [-0.2, -0.15) is 0 Å². The van der Waals surface area contributed by atoms with Crippen LogP contribution in [0.3, 0.4) is 0 Å². The van der Waals surface area contributed by atoms with Crippen LogP contribution in [-0.2, 0) is 11.8 Å². The van der Waals surface area contributed by atoms with Gasteiger partial charge < -0.3 is 14.4 Å². The Morgan fingerprint density at radius 2 is 2.62 bits per heavy atom. The van der Waals surface area contributed by atoms with Gasteiger partial charge in [0.15, 0.2) is 0 Å². The van der Waals surface area contributed by atoms with E-state index in [1.165, 1.54) is 0 Å². The minimum absolute atomic E-state index is 0.0231. The van der Waals surface area contributed by atoms with E-state index in [-0.39, 0.29) is 18.6 Å². The van der Waals surface area contributed by atoms with Gasteiger partial charge in [-0.05, 0) is 6.42 Å². The summed E-state index contributed by atoms with van der Waals surface area (Å²) in [5, 5.41) is 9.11. The van der Waals surface area contributed by atoms with Gasteiger partial charge in [0.2, 0.25) is 0 Å². The minimum Gasteiger partial charge on any atom is -0.396 e. The van der Waals surface area contributed by atoms with E-state index in [1.807, 2.05) is 17.8 Å². The van der Waals surface area contributed by atoms with Gasteiger partial charge in [0.05, 0.1) is 0 Å². The number of imidazole rings is 1. The summed E-state index contributed by atoms with van der Waals surface area (Å²) in [5.41, 5.74) is 0. The van der Waals surface area contributed by atoms with Crippen LogP contribution in [0.15, 0.2) is 12.4 Å². The Hall–Kier alpha value is -0.870. The molecule has 13 heavy (non-hydrogen) atoms. The molecule has 1 aliphatic heterocycles. The molecule has 1 N–H and O–H groups in total. The quantitative estimate of drug-likeness (QED) is 0.724. The van der Waals surface area contributed by atoms with Gasteiger partial charge in [-0.3, -0.25) is 0 Å². The van der Waals surface area contributed by atoms with Crippen molar-refractivity contribution in [3.63, 3.8) is 0 Å². The summed E-state index contributed by atoms with van der Waals surface area (Å²) in [7, 11) is 1.94. The summed E-state index contributed by atoms with van der Waals surface area (Å²) in [6, 6.07) is 0. The zero-order valence-corrected chi connectivity index (χ0v) is 7.68. The fraction of sp³-hybridized carbons (Fsp3) is 0.667. The fourth-order valence-corrected chi connectivity index (χ4v) is 1.76. The largest absolute Gasteiger partial charge is 0.396 e. The van der Waals surface area contributed by atoms with Gasteiger partial charge in [0.25, 0.3) is 0 Å². The van der Waals surface area contributed by atoms with Gasteiger partial charge in [-0.25, -0.2) is 4.98 Å². The maximum absolute atomic E-state index is 9.11. The molecule has 1 aromatic heterocycles. The van der Waals surface area contributed by atoms with E-state index in [1.54, 1.807) is 6.20 Å². The van der Waals surface area contributed by atoms with Crippen LogP contribution >= 0.6 is 0 Å². The molecule has 2 rings (SSSR count). The van der Waals surface area contributed by atoms with E-state index in [9.17, 15) is 0 Å². The highest BCUT2D eigenvalue weighted by molar-refractivity contribution is 5.00. The Labute approximate surface area is 77.2 Å². The molecule has 0 bridgehead atoms. The maximum Gasteiger partial charge on any atom is 0.138 e. The molecule has 4 nitrogen and oxygen atoms in total. The van der Waals surface area contributed by atoms with Crippen molar-refractivity contribution in [3.05, 3.63) is 18.2 Å². The summed E-state index contributed by atoms with van der Waals surface area (Å²) in [5.74, 6) is 1.12. The van der Waals surface area contributed by atoms with Crippen LogP contribution in [0.25, 0.3) is 0 Å². The van der Waals surface area contributed by atoms with Crippen LogP contribution in [0, 0.1) is 5.92 Å². The molecule has 1 aromatic rings. The van der Waals surface area contributed by atoms with Crippen molar-refractivity contribution in [2.24, 2.45) is 13.0 Å². The van der Waals surface area contributed by atoms with Gasteiger partial charge in [0, 0.05) is 38.6 Å². The lowest BCUT2D eigenvalue weighted by atomic mass is 10.0. The molecule has 0 aliphatic carbocycles. The van der Waals surface area contributed by atoms with E-state index in [0.717, 1.165) is 18.9 Å². The van der Waals surface area contributed by atoms with Crippen LogP contribution in [0.2, 0.25) is 0 Å². The van der Waals surface area contributed by atoms with Crippen molar-refractivity contribution >= 4 is 0 Å². The molecule has 1 saturated heterocycles. The van der Waals surface area contributed by atoms with Gasteiger partial charge >= 0.3 is 0 Å². The zero-order chi connectivity index (χ0) is 9.26. The predicted molar refractivity (Wildman–Crippen MR) is 47.1 cm³/mol. The average molecular weight is 182 g/mol. The van der Waals surface area contributed by atoms with Gasteiger partial charge in [-0.1, -0.05) is 0 Å². The molecule has 72 valence electrons. The number of aryl methyl sites for hydroxylation is 1. The van der Waals surface area contributed by atoms with Gasteiger partial charge in [0.1, 0.15) is 11.9 Å². The smallest absolute Gasteiger partial charge is 0.138 e. The van der Waals surface area contributed by atoms with Crippen LogP contribution in [0.4, 0.5) is 0 Å². The molecule has 0 aromatic carbocycles. The first-order valence-corrected chi connectivity index (χ1v) is 4.52. The molecule has 0 saturated carbocycles. The lowest BCUT2D eigenvalue weighted by Gasteiger charge is -2.15. The summed E-state index contributed by atoms with van der Waals surface area (Å²) in [6.07, 6.45) is 4.55. The highest BCUT2D eigenvalue weighted by Gasteiger charge is 2.31. The number of aliphatic hydroxyl groups excluding tert-OH is 1. The summed E-state index contributed by atoms with van der Waals surface area (Å²) < 4.78 is 7.48. The van der Waals surface area contributed by atoms with E-state index in [0.29, 0.717) is 0 Å². The first-order valence-electron chi connectivity index (χ1n) is 4.52. The Morgan fingerprint density at radius 3 is 3.23 bits per heavy atom. The number of hydrogen-bond donors (Lipinski definition) is 1. The number of aliphatic hydroxyl groups is 1. The maximum atomic E-state index is 9.11. The second-order valence-corrected chi connectivity index (χ2v) is 3.42. The van der Waals surface area contributed by atoms with Crippen molar-refractivity contribution in [2.75, 3.05) is 13.2 Å². The van der Waals surface area contributed by atoms with Crippen molar-refractivity contribution in [2.45, 2.75) is 12.5 Å². The summed E-state index contributed by atoms with van der Waals surface area (Å²) >= 11 is 0. The van der Waals surface area contributed by atoms with E-state index in [4.69, 9.17) is 9.84 Å². The molecular weight excluding hydrogens is 168 g/mol. The topological polar surface area (TPSA) is 47.3 Å². The Kier molecular flexibility index (Phi) is 2.33. The number of aromatic nitrogens is 2. The lowest BCUT2D eigenvalue weighted by Crippen LogP contribution is -2.15. The van der Waals surface area contributed by atoms with Crippen LogP contribution < -0.4 is 0 Å². The monoisotopic (exact) mass is 182 g/mol. The van der Waals surface area contributed by atoms with E-state index in [2.05, 4.69) is 4.98 Å². The van der Waals surface area contributed by atoms with E-state index < -0.39 is 0 Å². The fourth-order valence-electron chi connectivity index (χ4n) is 1.76. The Balaban J connectivity index is 2.20. The third-order valence-corrected chi connectivity index (χ3v) is 2.56. The SMILES string of the molecule is Cn1ccnc1C1OCCC1CO. The number of ether oxygens (including phenoxy) is 1. The second kappa shape index (κ2) is 3.47. The molecule has 4 heteroatoms. The summed E-state index contributed by atoms with van der Waals surface area (Å²) in [6.45, 7) is 0.903. The molecule has 2 unspecified atom stereocenters. The van der Waals surface area contributed by atoms with Crippen molar-refractivity contribution in [3.8, 4) is 0 Å². The summed E-state index contributed by atoms with van der Waals surface area (Å²) in [4.78, 5) is 4.22. The van der Waals surface area contributed by atoms with Crippen LogP contribution in [-0.4, -0.2) is 27.9 Å². The van der Waals surface area contributed by atoms with Crippen molar-refractivity contribution in [1.29, 1.82) is 0 Å². The Bertz CT molecular complexity index is 285. The first kappa shape index (κ1) is 8.72. The molecule has 0 spiro atoms. The molecule has 1 aliphatic rings. The van der Waals surface area contributed by atoms with Crippen molar-refractivity contribution in [1.82, 2.24) is 9.55 Å². The number of hydrogen-bond acceptors (Lipinski definition) is 3. The van der Waals surface area contributed by atoms with Crippen LogP contribution in [0.5, 0.6) is 0 Å². The minimum atomic E-state index is -0.0231. The van der Waals surface area contributed by atoms with Crippen molar-refractivity contribution < 1.29 is 9.84 Å². The molecule has 1 fully saturated rings. The third-order valence-electron chi connectivity index (χ3n) is 2.56. The molecular formula is C9H14N2O2. The highest BCUT2D eigenvalue weighted by Crippen LogP contribution is 2.32. The average Bonchev–Trinajstić information content (AvgIpc) is 2.71. The van der Waals surface area contributed by atoms with E-state index >= 15 is 0 Å². The molecule has 0 amide bonds. The lowest BCUT2D eigenvalue weighted by molar-refractivity contribution is 0.0635. The number of nitrogens with zero attached hydrogens (tertiary/aromatic N) is 2. The zero-order valence-electron chi connectivity index (χ0n) is 7.68. The standard InChI is InChI=1S/C9H14N2O2/c1-11-4-3-10-9(11)8-7(6-12)2-5-13-8/h3-4,7-8,12H,2,5-6H2,1H3. The first-order chi connectivity index (χ1) is 6.33. The van der Waals surface area contributed by atoms with Crippen LogP contribution in [0.1, 0.15) is 18.3 Å². The normalized spacial score (nSPS) is 28.2. The highest BCUT2D eigenvalue weighted by atomic mass is 16.5. The molecule has 0 radical (unpaired) electrons.